The van der Waals surface area contributed by atoms with Crippen molar-refractivity contribution < 1.29 is 36.6 Å². The maximum Gasteiger partial charge on any atom is 0.261 e. The van der Waals surface area contributed by atoms with Gasteiger partial charge in [0.05, 0.1) is 19.1 Å². The van der Waals surface area contributed by atoms with E-state index in [1.807, 2.05) is 36.4 Å². The Labute approximate surface area is 268 Å². The highest BCUT2D eigenvalue weighted by Gasteiger charge is 2.26. The van der Waals surface area contributed by atoms with Crippen molar-refractivity contribution in [2.75, 3.05) is 32.1 Å². The third-order valence-corrected chi connectivity index (χ3v) is 8.54. The average Bonchev–Trinajstić information content (AvgIpc) is 3.07. The number of nitrogens with one attached hydrogen (secondary N) is 2. The Bertz CT molecular complexity index is 1700. The van der Waals surface area contributed by atoms with Crippen molar-refractivity contribution in [1.29, 1.82) is 0 Å². The molecule has 4 aromatic carbocycles. The molecule has 0 aliphatic carbocycles. The number of carbonyl (C=O) groups is 2. The molecule has 0 aliphatic rings. The van der Waals surface area contributed by atoms with Crippen molar-refractivity contribution >= 4 is 27.5 Å². The molecule has 0 aromatic heterocycles. The summed E-state index contributed by atoms with van der Waals surface area (Å²) in [7, 11) is -0.781. The average molecular weight is 650 g/mol. The van der Waals surface area contributed by atoms with Gasteiger partial charge in [-0.05, 0) is 97.3 Å². The summed E-state index contributed by atoms with van der Waals surface area (Å²) in [6, 6.07) is 24.4. The first-order valence-corrected chi connectivity index (χ1v) is 15.9. The summed E-state index contributed by atoms with van der Waals surface area (Å²) < 4.78 is 57.1. The van der Waals surface area contributed by atoms with Crippen molar-refractivity contribution in [3.05, 3.63) is 114 Å². The monoisotopic (exact) mass is 649 g/mol. The Morgan fingerprint density at radius 3 is 1.89 bits per heavy atom. The van der Waals surface area contributed by atoms with Crippen LogP contribution in [0.5, 0.6) is 17.2 Å². The van der Waals surface area contributed by atoms with E-state index in [9.17, 15) is 22.4 Å². The van der Waals surface area contributed by atoms with E-state index in [-0.39, 0.29) is 35.4 Å². The third-order valence-electron chi connectivity index (χ3n) is 7.14. The first-order chi connectivity index (χ1) is 22.1. The molecule has 2 N–H and O–H groups in total. The summed E-state index contributed by atoms with van der Waals surface area (Å²) in [5.74, 6) is 0.419. The number of nitrogens with zero attached hydrogens (tertiary/aromatic N) is 1. The fraction of sp³-hybridized carbons (Fsp3) is 0.235. The largest absolute Gasteiger partial charge is 0.497 e. The lowest BCUT2D eigenvalue weighted by molar-refractivity contribution is -0.142. The van der Waals surface area contributed by atoms with Gasteiger partial charge in [-0.15, -0.1) is 0 Å². The molecule has 242 valence electrons. The zero-order valence-corrected chi connectivity index (χ0v) is 26.6. The lowest BCUT2D eigenvalue weighted by Crippen LogP contribution is -2.49. The standard InChI is InChI=1S/C34H36FN3O7S/c1-24(34(40)36-21-20-25-4-12-29(43-2)13-5-25)38(22-26-6-14-30(44-3)15-7-26)33(39)23-45-31-16-18-32(19-17-31)46(41,42)37-28-10-8-27(35)9-11-28/h4-19,24,37H,20-23H2,1-3H3,(H,36,40). The van der Waals surface area contributed by atoms with Gasteiger partial charge < -0.3 is 24.4 Å². The molecule has 0 radical (unpaired) electrons. The van der Waals surface area contributed by atoms with Crippen LogP contribution in [-0.4, -0.2) is 58.5 Å². The van der Waals surface area contributed by atoms with Crippen LogP contribution < -0.4 is 24.2 Å². The molecule has 1 atom stereocenters. The predicted octanol–water partition coefficient (Wildman–Crippen LogP) is 4.80. The minimum Gasteiger partial charge on any atom is -0.497 e. The molecule has 1 unspecified atom stereocenters. The number of methoxy groups -OCH3 is 2. The van der Waals surface area contributed by atoms with Crippen molar-refractivity contribution in [3.8, 4) is 17.2 Å². The minimum absolute atomic E-state index is 0.0448. The first kappa shape index (κ1) is 33.8. The van der Waals surface area contributed by atoms with Gasteiger partial charge in [0, 0.05) is 18.8 Å². The molecule has 4 rings (SSSR count). The molecule has 0 aliphatic heterocycles. The van der Waals surface area contributed by atoms with E-state index in [1.54, 1.807) is 33.3 Å². The SMILES string of the molecule is COc1ccc(CCNC(=O)C(C)N(Cc2ccc(OC)cc2)C(=O)COc2ccc(S(=O)(=O)Nc3ccc(F)cc3)cc2)cc1. The Morgan fingerprint density at radius 1 is 0.783 bits per heavy atom. The fourth-order valence-electron chi connectivity index (χ4n) is 4.46. The number of hydrogen-bond acceptors (Lipinski definition) is 7. The van der Waals surface area contributed by atoms with Gasteiger partial charge in [0.2, 0.25) is 5.91 Å². The summed E-state index contributed by atoms with van der Waals surface area (Å²) in [6.45, 7) is 1.78. The van der Waals surface area contributed by atoms with Crippen molar-refractivity contribution in [2.45, 2.75) is 30.8 Å². The van der Waals surface area contributed by atoms with E-state index >= 15 is 0 Å². The normalized spacial score (nSPS) is 11.7. The van der Waals surface area contributed by atoms with E-state index in [0.717, 1.165) is 29.0 Å². The van der Waals surface area contributed by atoms with E-state index in [1.165, 1.54) is 41.3 Å². The number of benzene rings is 4. The molecule has 0 spiro atoms. The van der Waals surface area contributed by atoms with Gasteiger partial charge in [0.1, 0.15) is 29.1 Å². The quantitative estimate of drug-likeness (QED) is 0.190. The zero-order chi connectivity index (χ0) is 33.1. The number of ether oxygens (including phenoxy) is 3. The van der Waals surface area contributed by atoms with Gasteiger partial charge in [-0.1, -0.05) is 24.3 Å². The van der Waals surface area contributed by atoms with Crippen LogP contribution in [0, 0.1) is 5.82 Å². The van der Waals surface area contributed by atoms with E-state index in [2.05, 4.69) is 10.0 Å². The summed E-state index contributed by atoms with van der Waals surface area (Å²) >= 11 is 0. The zero-order valence-electron chi connectivity index (χ0n) is 25.7. The number of sulfonamides is 1. The van der Waals surface area contributed by atoms with Crippen LogP contribution in [0.25, 0.3) is 0 Å². The summed E-state index contributed by atoms with van der Waals surface area (Å²) in [5, 5.41) is 2.91. The summed E-state index contributed by atoms with van der Waals surface area (Å²) in [4.78, 5) is 28.0. The highest BCUT2D eigenvalue weighted by Crippen LogP contribution is 2.21. The van der Waals surface area contributed by atoms with Crippen molar-refractivity contribution in [3.63, 3.8) is 0 Å². The van der Waals surface area contributed by atoms with Crippen LogP contribution in [0.4, 0.5) is 10.1 Å². The van der Waals surface area contributed by atoms with Crippen LogP contribution in [-0.2, 0) is 32.6 Å². The molecule has 10 nitrogen and oxygen atoms in total. The number of hydrogen-bond donors (Lipinski definition) is 2. The highest BCUT2D eigenvalue weighted by molar-refractivity contribution is 7.92. The Hall–Kier alpha value is -5.10. The molecule has 0 heterocycles. The second-order valence-electron chi connectivity index (χ2n) is 10.3. The van der Waals surface area contributed by atoms with E-state index in [4.69, 9.17) is 14.2 Å². The third kappa shape index (κ3) is 9.45. The molecular weight excluding hydrogens is 613 g/mol. The maximum atomic E-state index is 13.5. The second-order valence-corrected chi connectivity index (χ2v) is 12.0. The molecule has 0 fully saturated rings. The fourth-order valence-corrected chi connectivity index (χ4v) is 5.51. The molecule has 0 bridgehead atoms. The number of amides is 2. The van der Waals surface area contributed by atoms with Gasteiger partial charge in [0.15, 0.2) is 6.61 Å². The van der Waals surface area contributed by atoms with Crippen LogP contribution in [0.1, 0.15) is 18.1 Å². The van der Waals surface area contributed by atoms with Crippen LogP contribution in [0.15, 0.2) is 102 Å². The molecule has 12 heteroatoms. The predicted molar refractivity (Wildman–Crippen MR) is 172 cm³/mol. The molecule has 0 saturated carbocycles. The number of anilines is 1. The number of carbonyl (C=O) groups excluding carboxylic acids is 2. The van der Waals surface area contributed by atoms with Crippen molar-refractivity contribution in [2.24, 2.45) is 0 Å². The highest BCUT2D eigenvalue weighted by atomic mass is 32.2. The second kappa shape index (κ2) is 15.8. The number of halogens is 1. The van der Waals surface area contributed by atoms with Crippen LogP contribution >= 0.6 is 0 Å². The van der Waals surface area contributed by atoms with Crippen molar-refractivity contribution in [1.82, 2.24) is 10.2 Å². The van der Waals surface area contributed by atoms with Gasteiger partial charge in [-0.3, -0.25) is 14.3 Å². The van der Waals surface area contributed by atoms with Gasteiger partial charge in [-0.2, -0.15) is 0 Å². The minimum atomic E-state index is -3.94. The van der Waals surface area contributed by atoms with E-state index < -0.39 is 27.8 Å². The molecule has 2 amide bonds. The molecule has 4 aromatic rings. The topological polar surface area (TPSA) is 123 Å². The summed E-state index contributed by atoms with van der Waals surface area (Å²) in [5.41, 5.74) is 2.02. The molecular formula is C34H36FN3O7S. The van der Waals surface area contributed by atoms with Gasteiger partial charge in [-0.25, -0.2) is 12.8 Å². The Morgan fingerprint density at radius 2 is 1.33 bits per heavy atom. The van der Waals surface area contributed by atoms with E-state index in [0.29, 0.717) is 18.7 Å². The lowest BCUT2D eigenvalue weighted by atomic mass is 10.1. The number of rotatable bonds is 15. The maximum absolute atomic E-state index is 13.5. The Kier molecular flexibility index (Phi) is 11.6. The summed E-state index contributed by atoms with van der Waals surface area (Å²) in [6.07, 6.45) is 0.600. The molecule has 46 heavy (non-hydrogen) atoms. The molecule has 0 saturated heterocycles. The first-order valence-electron chi connectivity index (χ1n) is 14.4. The van der Waals surface area contributed by atoms with Crippen LogP contribution in [0.3, 0.4) is 0 Å². The van der Waals surface area contributed by atoms with Crippen LogP contribution in [0.2, 0.25) is 0 Å². The van der Waals surface area contributed by atoms with Gasteiger partial charge in [0.25, 0.3) is 15.9 Å². The lowest BCUT2D eigenvalue weighted by Gasteiger charge is -2.29. The smallest absolute Gasteiger partial charge is 0.261 e. The van der Waals surface area contributed by atoms with Gasteiger partial charge >= 0.3 is 0 Å². The Balaban J connectivity index is 1.39.